The van der Waals surface area contributed by atoms with Crippen LogP contribution in [-0.2, 0) is 9.59 Å². The molecule has 0 bridgehead atoms. The average molecular weight is 402 g/mol. The molecule has 1 aromatic rings. The zero-order valence-corrected chi connectivity index (χ0v) is 14.0. The van der Waals surface area contributed by atoms with Crippen LogP contribution in [0.15, 0.2) is 27.1 Å². The summed E-state index contributed by atoms with van der Waals surface area (Å²) < 4.78 is 1.70. The Morgan fingerprint density at radius 3 is 2.55 bits per heavy atom. The maximum absolute atomic E-state index is 12.8. The van der Waals surface area contributed by atoms with E-state index < -0.39 is 5.54 Å². The third-order valence-corrected chi connectivity index (χ3v) is 5.15. The Bertz CT molecular complexity index is 583. The molecule has 106 valence electrons. The third-order valence-electron chi connectivity index (χ3n) is 3.99. The van der Waals surface area contributed by atoms with Crippen LogP contribution in [-0.4, -0.2) is 23.9 Å². The first kappa shape index (κ1) is 14.1. The van der Waals surface area contributed by atoms with Crippen LogP contribution in [0, 0.1) is 0 Å². The van der Waals surface area contributed by atoms with Crippen molar-refractivity contribution in [1.29, 1.82) is 0 Å². The lowest BCUT2D eigenvalue weighted by Gasteiger charge is -2.40. The summed E-state index contributed by atoms with van der Waals surface area (Å²) in [7, 11) is 0. The van der Waals surface area contributed by atoms with Crippen LogP contribution in [0.1, 0.15) is 25.7 Å². The molecule has 0 aromatic heterocycles. The van der Waals surface area contributed by atoms with Gasteiger partial charge in [-0.05, 0) is 47.0 Å². The maximum atomic E-state index is 12.8. The first-order chi connectivity index (χ1) is 9.52. The third kappa shape index (κ3) is 2.29. The van der Waals surface area contributed by atoms with Crippen molar-refractivity contribution in [2.75, 3.05) is 11.4 Å². The van der Waals surface area contributed by atoms with E-state index in [1.807, 2.05) is 18.2 Å². The average Bonchev–Trinajstić information content (AvgIpc) is 2.86. The van der Waals surface area contributed by atoms with Gasteiger partial charge in [-0.1, -0.05) is 28.8 Å². The van der Waals surface area contributed by atoms with E-state index in [0.29, 0.717) is 0 Å². The number of amides is 2. The summed E-state index contributed by atoms with van der Waals surface area (Å²) >= 11 is 6.88. The van der Waals surface area contributed by atoms with Gasteiger partial charge in [-0.3, -0.25) is 14.5 Å². The van der Waals surface area contributed by atoms with Gasteiger partial charge in [0.1, 0.15) is 12.1 Å². The Labute approximate surface area is 134 Å². The number of benzene rings is 1. The molecule has 3 rings (SSSR count). The second-order valence-corrected chi connectivity index (χ2v) is 7.09. The predicted octanol–water partition coefficient (Wildman–Crippen LogP) is 2.99. The molecular formula is C14H14Br2N2O2. The normalized spacial score (nSPS) is 21.4. The Kier molecular flexibility index (Phi) is 3.62. The maximum Gasteiger partial charge on any atom is 0.253 e. The zero-order valence-electron chi connectivity index (χ0n) is 10.8. The van der Waals surface area contributed by atoms with E-state index in [0.717, 1.165) is 40.3 Å². The molecule has 2 amide bonds. The first-order valence-corrected chi connectivity index (χ1v) is 8.18. The molecule has 1 N–H and O–H groups in total. The van der Waals surface area contributed by atoms with Crippen molar-refractivity contribution in [3.63, 3.8) is 0 Å². The van der Waals surface area contributed by atoms with Crippen molar-refractivity contribution in [2.24, 2.45) is 0 Å². The molecule has 20 heavy (non-hydrogen) atoms. The van der Waals surface area contributed by atoms with E-state index in [-0.39, 0.29) is 18.4 Å². The Morgan fingerprint density at radius 1 is 1.15 bits per heavy atom. The lowest BCUT2D eigenvalue weighted by molar-refractivity contribution is -0.135. The van der Waals surface area contributed by atoms with Crippen LogP contribution in [0.25, 0.3) is 0 Å². The van der Waals surface area contributed by atoms with Crippen LogP contribution in [0.5, 0.6) is 0 Å². The van der Waals surface area contributed by atoms with Crippen molar-refractivity contribution in [2.45, 2.75) is 31.2 Å². The lowest BCUT2D eigenvalue weighted by Crippen LogP contribution is -2.65. The SMILES string of the molecule is O=C1CN(c2cc(Br)ccc2Br)C(=O)C2(CCCC2)N1. The number of nitrogens with zero attached hydrogens (tertiary/aromatic N) is 1. The molecule has 1 aromatic carbocycles. The monoisotopic (exact) mass is 400 g/mol. The molecule has 1 saturated carbocycles. The number of nitrogens with one attached hydrogen (secondary N) is 1. The van der Waals surface area contributed by atoms with Gasteiger partial charge in [0.05, 0.1) is 5.69 Å². The van der Waals surface area contributed by atoms with Gasteiger partial charge in [-0.25, -0.2) is 0 Å². The molecule has 1 heterocycles. The summed E-state index contributed by atoms with van der Waals surface area (Å²) in [4.78, 5) is 26.4. The number of halogens is 2. The quantitative estimate of drug-likeness (QED) is 0.786. The molecule has 1 aliphatic heterocycles. The van der Waals surface area contributed by atoms with E-state index in [1.165, 1.54) is 0 Å². The van der Waals surface area contributed by atoms with Gasteiger partial charge < -0.3 is 5.32 Å². The van der Waals surface area contributed by atoms with Crippen LogP contribution < -0.4 is 10.2 Å². The van der Waals surface area contributed by atoms with Gasteiger partial charge in [0, 0.05) is 8.95 Å². The fourth-order valence-corrected chi connectivity index (χ4v) is 3.85. The predicted molar refractivity (Wildman–Crippen MR) is 83.5 cm³/mol. The highest BCUT2D eigenvalue weighted by Gasteiger charge is 2.48. The van der Waals surface area contributed by atoms with Gasteiger partial charge >= 0.3 is 0 Å². The van der Waals surface area contributed by atoms with Gasteiger partial charge in [0.2, 0.25) is 5.91 Å². The number of rotatable bonds is 1. The van der Waals surface area contributed by atoms with Crippen molar-refractivity contribution in [3.05, 3.63) is 27.1 Å². The minimum atomic E-state index is -0.683. The molecule has 1 saturated heterocycles. The number of hydrogen-bond donors (Lipinski definition) is 1. The number of carbonyl (C=O) groups is 2. The van der Waals surface area contributed by atoms with Gasteiger partial charge in [-0.15, -0.1) is 0 Å². The summed E-state index contributed by atoms with van der Waals surface area (Å²) in [6.45, 7) is 0.0790. The minimum absolute atomic E-state index is 0.00778. The van der Waals surface area contributed by atoms with Crippen molar-refractivity contribution < 1.29 is 9.59 Å². The molecule has 0 radical (unpaired) electrons. The summed E-state index contributed by atoms with van der Waals surface area (Å²) in [5, 5.41) is 2.92. The molecule has 2 aliphatic rings. The highest BCUT2D eigenvalue weighted by molar-refractivity contribution is 9.11. The van der Waals surface area contributed by atoms with Crippen LogP contribution in [0.3, 0.4) is 0 Å². The second-order valence-electron chi connectivity index (χ2n) is 5.32. The molecule has 4 nitrogen and oxygen atoms in total. The van der Waals surface area contributed by atoms with Gasteiger partial charge in [0.25, 0.3) is 5.91 Å². The highest BCUT2D eigenvalue weighted by Crippen LogP contribution is 2.37. The van der Waals surface area contributed by atoms with E-state index in [2.05, 4.69) is 37.2 Å². The van der Waals surface area contributed by atoms with Crippen LogP contribution in [0.4, 0.5) is 5.69 Å². The first-order valence-electron chi connectivity index (χ1n) is 6.60. The minimum Gasteiger partial charge on any atom is -0.340 e. The summed E-state index contributed by atoms with van der Waals surface area (Å²) in [5.41, 5.74) is 0.0578. The number of hydrogen-bond acceptors (Lipinski definition) is 2. The Hall–Kier alpha value is -0.880. The van der Waals surface area contributed by atoms with E-state index in [9.17, 15) is 9.59 Å². The summed E-state index contributed by atoms with van der Waals surface area (Å²) in [6, 6.07) is 5.64. The topological polar surface area (TPSA) is 49.4 Å². The number of piperazine rings is 1. The molecule has 1 aliphatic carbocycles. The molecular weight excluding hydrogens is 388 g/mol. The molecule has 0 unspecified atom stereocenters. The molecule has 2 fully saturated rings. The van der Waals surface area contributed by atoms with Crippen molar-refractivity contribution in [1.82, 2.24) is 5.32 Å². The number of carbonyl (C=O) groups excluding carboxylic acids is 2. The molecule has 6 heteroatoms. The fraction of sp³-hybridized carbons (Fsp3) is 0.429. The highest BCUT2D eigenvalue weighted by atomic mass is 79.9. The Balaban J connectivity index is 2.02. The lowest BCUT2D eigenvalue weighted by atomic mass is 9.92. The second kappa shape index (κ2) is 5.15. The van der Waals surface area contributed by atoms with Crippen LogP contribution >= 0.6 is 31.9 Å². The standard InChI is InChI=1S/C14H14Br2N2O2/c15-9-3-4-10(16)11(7-9)18-8-12(19)17-14(13(18)20)5-1-2-6-14/h3-4,7H,1-2,5-6,8H2,(H,17,19). The smallest absolute Gasteiger partial charge is 0.253 e. The van der Waals surface area contributed by atoms with E-state index in [1.54, 1.807) is 4.90 Å². The van der Waals surface area contributed by atoms with E-state index >= 15 is 0 Å². The molecule has 1 spiro atoms. The zero-order chi connectivity index (χ0) is 14.3. The largest absolute Gasteiger partial charge is 0.340 e. The van der Waals surface area contributed by atoms with Crippen molar-refractivity contribution in [3.8, 4) is 0 Å². The van der Waals surface area contributed by atoms with Gasteiger partial charge in [-0.2, -0.15) is 0 Å². The Morgan fingerprint density at radius 2 is 1.85 bits per heavy atom. The van der Waals surface area contributed by atoms with Gasteiger partial charge in [0.15, 0.2) is 0 Å². The summed E-state index contributed by atoms with van der Waals surface area (Å²) in [6.07, 6.45) is 3.44. The van der Waals surface area contributed by atoms with E-state index in [4.69, 9.17) is 0 Å². The molecule has 0 atom stereocenters. The van der Waals surface area contributed by atoms with Crippen molar-refractivity contribution >= 4 is 49.4 Å². The number of anilines is 1. The van der Waals surface area contributed by atoms with Crippen LogP contribution in [0.2, 0.25) is 0 Å². The summed E-state index contributed by atoms with van der Waals surface area (Å²) in [5.74, 6) is -0.0771. The fourth-order valence-electron chi connectivity index (χ4n) is 3.04.